The number of carbonyl (C=O) groups is 1. The van der Waals surface area contributed by atoms with Crippen LogP contribution in [0.3, 0.4) is 0 Å². The van der Waals surface area contributed by atoms with E-state index < -0.39 is 11.8 Å². The normalized spacial score (nSPS) is 11.0. The first kappa shape index (κ1) is 17.8. The largest absolute Gasteiger partial charge is 0.478 e. The lowest BCUT2D eigenvalue weighted by Gasteiger charge is -2.09. The molecule has 0 bridgehead atoms. The van der Waals surface area contributed by atoms with Crippen molar-refractivity contribution in [2.45, 2.75) is 34.6 Å². The number of rotatable bonds is 3. The highest BCUT2D eigenvalue weighted by molar-refractivity contribution is 5.93. The van der Waals surface area contributed by atoms with E-state index in [0.717, 1.165) is 11.1 Å². The number of hydrogen-bond acceptors (Lipinski definition) is 4. The molecule has 26 heavy (non-hydrogen) atoms. The zero-order valence-corrected chi connectivity index (χ0v) is 15.3. The van der Waals surface area contributed by atoms with Crippen LogP contribution in [0.25, 0.3) is 22.8 Å². The highest BCUT2D eigenvalue weighted by atomic mass is 19.1. The lowest BCUT2D eigenvalue weighted by atomic mass is 9.97. The Bertz CT molecular complexity index is 1040. The van der Waals surface area contributed by atoms with Crippen LogP contribution in [0.2, 0.25) is 0 Å². The van der Waals surface area contributed by atoms with Crippen molar-refractivity contribution in [3.8, 4) is 22.8 Å². The van der Waals surface area contributed by atoms with Gasteiger partial charge in [-0.05, 0) is 68.5 Å². The minimum absolute atomic E-state index is 0.0700. The Morgan fingerprint density at radius 1 is 1.00 bits per heavy atom. The van der Waals surface area contributed by atoms with Crippen LogP contribution in [-0.4, -0.2) is 21.2 Å². The molecule has 0 aliphatic carbocycles. The van der Waals surface area contributed by atoms with Crippen molar-refractivity contribution < 1.29 is 18.8 Å². The lowest BCUT2D eigenvalue weighted by Crippen LogP contribution is -2.04. The zero-order chi connectivity index (χ0) is 19.2. The molecule has 3 rings (SSSR count). The summed E-state index contributed by atoms with van der Waals surface area (Å²) in [6, 6.07) is 5.12. The van der Waals surface area contributed by atoms with E-state index in [-0.39, 0.29) is 22.8 Å². The summed E-state index contributed by atoms with van der Waals surface area (Å²) in [4.78, 5) is 15.8. The molecule has 134 valence electrons. The Kier molecular flexibility index (Phi) is 4.36. The Morgan fingerprint density at radius 2 is 1.69 bits per heavy atom. The predicted molar refractivity (Wildman–Crippen MR) is 95.8 cm³/mol. The summed E-state index contributed by atoms with van der Waals surface area (Å²) in [6.45, 7) is 8.89. The van der Waals surface area contributed by atoms with Crippen molar-refractivity contribution in [1.29, 1.82) is 0 Å². The van der Waals surface area contributed by atoms with Gasteiger partial charge < -0.3 is 9.63 Å². The zero-order valence-electron chi connectivity index (χ0n) is 15.3. The maximum Gasteiger partial charge on any atom is 0.336 e. The molecule has 0 unspecified atom stereocenters. The third-order valence-corrected chi connectivity index (χ3v) is 4.87. The Morgan fingerprint density at radius 3 is 2.35 bits per heavy atom. The maximum atomic E-state index is 14.6. The third-order valence-electron chi connectivity index (χ3n) is 4.87. The molecule has 1 aromatic heterocycles. The van der Waals surface area contributed by atoms with Gasteiger partial charge in [0.25, 0.3) is 5.89 Å². The molecule has 0 fully saturated rings. The molecule has 6 heteroatoms. The molecule has 0 aliphatic rings. The molecule has 2 aromatic carbocycles. The van der Waals surface area contributed by atoms with Gasteiger partial charge in [-0.2, -0.15) is 4.98 Å². The van der Waals surface area contributed by atoms with E-state index in [1.54, 1.807) is 39.0 Å². The number of aromatic nitrogens is 2. The molecule has 0 amide bonds. The molecule has 5 nitrogen and oxygen atoms in total. The van der Waals surface area contributed by atoms with Gasteiger partial charge in [0.15, 0.2) is 0 Å². The Hall–Kier alpha value is -3.02. The van der Waals surface area contributed by atoms with Gasteiger partial charge in [0.2, 0.25) is 5.82 Å². The first-order chi connectivity index (χ1) is 12.2. The van der Waals surface area contributed by atoms with E-state index in [4.69, 9.17) is 4.52 Å². The fraction of sp³-hybridized carbons (Fsp3) is 0.250. The van der Waals surface area contributed by atoms with Gasteiger partial charge in [0, 0.05) is 5.56 Å². The minimum atomic E-state index is -1.01. The van der Waals surface area contributed by atoms with Gasteiger partial charge >= 0.3 is 5.97 Å². The molecule has 0 radical (unpaired) electrons. The van der Waals surface area contributed by atoms with Crippen LogP contribution in [0, 0.1) is 40.4 Å². The summed E-state index contributed by atoms with van der Waals surface area (Å²) < 4.78 is 19.9. The summed E-state index contributed by atoms with van der Waals surface area (Å²) in [5.41, 5.74) is 4.54. The number of aryl methyl sites for hydroxylation is 2. The standard InChI is InChI=1S/C20H19FN2O3/c1-9-6-7-14(13(5)16(9)20(24)25)18-22-19(26-23-18)15-8-10(2)11(3)12(4)17(15)21/h6-8H,1-5H3,(H,24,25). The molecule has 0 aliphatic heterocycles. The van der Waals surface area contributed by atoms with E-state index in [0.29, 0.717) is 22.3 Å². The van der Waals surface area contributed by atoms with E-state index >= 15 is 0 Å². The van der Waals surface area contributed by atoms with Crippen LogP contribution >= 0.6 is 0 Å². The summed E-state index contributed by atoms with van der Waals surface area (Å²) in [7, 11) is 0. The second-order valence-corrected chi connectivity index (χ2v) is 6.46. The lowest BCUT2D eigenvalue weighted by molar-refractivity contribution is 0.0695. The van der Waals surface area contributed by atoms with Crippen LogP contribution in [0.5, 0.6) is 0 Å². The SMILES string of the molecule is Cc1cc(-c2nc(-c3ccc(C)c(C(=O)O)c3C)no2)c(F)c(C)c1C. The highest BCUT2D eigenvalue weighted by Crippen LogP contribution is 2.31. The van der Waals surface area contributed by atoms with Gasteiger partial charge in [0.05, 0.1) is 11.1 Å². The van der Waals surface area contributed by atoms with Crippen molar-refractivity contribution in [3.05, 3.63) is 57.4 Å². The number of benzene rings is 2. The fourth-order valence-electron chi connectivity index (χ4n) is 3.07. The molecule has 3 aromatic rings. The molecule has 1 heterocycles. The average molecular weight is 354 g/mol. The van der Waals surface area contributed by atoms with Crippen LogP contribution < -0.4 is 0 Å². The van der Waals surface area contributed by atoms with Gasteiger partial charge in [0.1, 0.15) is 5.82 Å². The second-order valence-electron chi connectivity index (χ2n) is 6.46. The maximum absolute atomic E-state index is 14.6. The average Bonchev–Trinajstić information content (AvgIpc) is 3.05. The molecule has 0 saturated heterocycles. The van der Waals surface area contributed by atoms with Gasteiger partial charge in [-0.3, -0.25) is 0 Å². The molecular formula is C20H19FN2O3. The first-order valence-corrected chi connectivity index (χ1v) is 8.16. The molecular weight excluding hydrogens is 335 g/mol. The highest BCUT2D eigenvalue weighted by Gasteiger charge is 2.21. The van der Waals surface area contributed by atoms with Crippen molar-refractivity contribution in [1.82, 2.24) is 10.1 Å². The quantitative estimate of drug-likeness (QED) is 0.732. The van der Waals surface area contributed by atoms with Crippen LogP contribution in [0.15, 0.2) is 22.7 Å². The molecule has 1 N–H and O–H groups in total. The minimum Gasteiger partial charge on any atom is -0.478 e. The summed E-state index contributed by atoms with van der Waals surface area (Å²) in [5, 5.41) is 13.3. The monoisotopic (exact) mass is 354 g/mol. The number of carboxylic acid groups (broad SMARTS) is 1. The van der Waals surface area contributed by atoms with Crippen molar-refractivity contribution in [3.63, 3.8) is 0 Å². The van der Waals surface area contributed by atoms with Crippen molar-refractivity contribution >= 4 is 5.97 Å². The summed E-state index contributed by atoms with van der Waals surface area (Å²) in [5.74, 6) is -1.10. The molecule has 0 spiro atoms. The Balaban J connectivity index is 2.13. The number of halogens is 1. The number of nitrogens with zero attached hydrogens (tertiary/aromatic N) is 2. The molecule has 0 atom stereocenters. The summed E-state index contributed by atoms with van der Waals surface area (Å²) >= 11 is 0. The van der Waals surface area contributed by atoms with Crippen molar-refractivity contribution in [2.24, 2.45) is 0 Å². The topological polar surface area (TPSA) is 76.2 Å². The number of hydrogen-bond donors (Lipinski definition) is 1. The Labute approximate surface area is 150 Å². The van der Waals surface area contributed by atoms with E-state index in [1.807, 2.05) is 13.8 Å². The molecule has 0 saturated carbocycles. The fourth-order valence-corrected chi connectivity index (χ4v) is 3.07. The van der Waals surface area contributed by atoms with E-state index in [1.165, 1.54) is 0 Å². The van der Waals surface area contributed by atoms with Crippen LogP contribution in [0.4, 0.5) is 4.39 Å². The van der Waals surface area contributed by atoms with Crippen molar-refractivity contribution in [2.75, 3.05) is 0 Å². The van der Waals surface area contributed by atoms with Crippen LogP contribution in [0.1, 0.15) is 38.2 Å². The number of carboxylic acids is 1. The summed E-state index contributed by atoms with van der Waals surface area (Å²) in [6.07, 6.45) is 0. The van der Waals surface area contributed by atoms with Gasteiger partial charge in [-0.1, -0.05) is 17.3 Å². The van der Waals surface area contributed by atoms with E-state index in [9.17, 15) is 14.3 Å². The first-order valence-electron chi connectivity index (χ1n) is 8.16. The van der Waals surface area contributed by atoms with Gasteiger partial charge in [-0.15, -0.1) is 0 Å². The third kappa shape index (κ3) is 2.77. The predicted octanol–water partition coefficient (Wildman–Crippen LogP) is 4.78. The van der Waals surface area contributed by atoms with E-state index in [2.05, 4.69) is 10.1 Å². The van der Waals surface area contributed by atoms with Crippen LogP contribution in [-0.2, 0) is 0 Å². The van der Waals surface area contributed by atoms with Gasteiger partial charge in [-0.25, -0.2) is 9.18 Å². The smallest absolute Gasteiger partial charge is 0.336 e. The number of aromatic carboxylic acids is 1. The second kappa shape index (κ2) is 6.37.